The van der Waals surface area contributed by atoms with Gasteiger partial charge in [0.2, 0.25) is 0 Å². The van der Waals surface area contributed by atoms with E-state index in [0.29, 0.717) is 12.1 Å². The zero-order valence-electron chi connectivity index (χ0n) is 16.5. The minimum absolute atomic E-state index is 0.225. The molecule has 2 aromatic carbocycles. The number of benzene rings is 2. The molecule has 1 saturated heterocycles. The van der Waals surface area contributed by atoms with E-state index < -0.39 is 0 Å². The van der Waals surface area contributed by atoms with Crippen molar-refractivity contribution in [3.8, 4) is 0 Å². The molecule has 1 unspecified atom stereocenters. The third-order valence-corrected chi connectivity index (χ3v) is 5.30. The summed E-state index contributed by atoms with van der Waals surface area (Å²) < 4.78 is 19.4. The van der Waals surface area contributed by atoms with Crippen LogP contribution in [0.15, 0.2) is 48.5 Å². The Morgan fingerprint density at radius 3 is 2.50 bits per heavy atom. The number of urea groups is 1. The fourth-order valence-electron chi connectivity index (χ4n) is 3.38. The molecule has 0 spiro atoms. The van der Waals surface area contributed by atoms with Crippen molar-refractivity contribution >= 4 is 6.03 Å². The normalized spacial score (nSPS) is 15.8. The summed E-state index contributed by atoms with van der Waals surface area (Å²) in [5, 5.41) is 2.97. The zero-order chi connectivity index (χ0) is 19.9. The fraction of sp³-hybridized carbons (Fsp3) is 0.409. The van der Waals surface area contributed by atoms with Gasteiger partial charge in [0, 0.05) is 38.8 Å². The van der Waals surface area contributed by atoms with E-state index in [0.717, 1.165) is 38.4 Å². The first-order valence-corrected chi connectivity index (χ1v) is 9.68. The van der Waals surface area contributed by atoms with Crippen LogP contribution in [0, 0.1) is 5.82 Å². The highest BCUT2D eigenvalue weighted by molar-refractivity contribution is 5.74. The highest BCUT2D eigenvalue weighted by Crippen LogP contribution is 2.21. The molecule has 28 heavy (non-hydrogen) atoms. The Kier molecular flexibility index (Phi) is 7.01. The molecule has 1 atom stereocenters. The number of nitrogens with zero attached hydrogens (tertiary/aromatic N) is 2. The van der Waals surface area contributed by atoms with Gasteiger partial charge in [0.25, 0.3) is 0 Å². The topological polar surface area (TPSA) is 44.8 Å². The molecule has 0 saturated carbocycles. The largest absolute Gasteiger partial charge is 0.379 e. The fourth-order valence-corrected chi connectivity index (χ4v) is 3.38. The van der Waals surface area contributed by atoms with E-state index in [4.69, 9.17) is 4.74 Å². The monoisotopic (exact) mass is 385 g/mol. The third kappa shape index (κ3) is 5.09. The van der Waals surface area contributed by atoms with Crippen LogP contribution in [0.4, 0.5) is 9.18 Å². The summed E-state index contributed by atoms with van der Waals surface area (Å²) in [7, 11) is 1.69. The lowest BCUT2D eigenvalue weighted by molar-refractivity contribution is 0.0341. The molecule has 2 aromatic rings. The van der Waals surface area contributed by atoms with Gasteiger partial charge in [-0.25, -0.2) is 9.18 Å². The van der Waals surface area contributed by atoms with Crippen molar-refractivity contribution < 1.29 is 13.9 Å². The lowest BCUT2D eigenvalue weighted by Crippen LogP contribution is -2.39. The maximum Gasteiger partial charge on any atom is 0.317 e. The number of ether oxygens (including phenoxy) is 1. The summed E-state index contributed by atoms with van der Waals surface area (Å²) in [5.41, 5.74) is 2.80. The van der Waals surface area contributed by atoms with Gasteiger partial charge in [0.15, 0.2) is 0 Å². The molecule has 2 amide bonds. The summed E-state index contributed by atoms with van der Waals surface area (Å²) >= 11 is 0. The third-order valence-electron chi connectivity index (χ3n) is 5.30. The molecule has 1 fully saturated rings. The number of morpholine rings is 1. The van der Waals surface area contributed by atoms with Crippen LogP contribution < -0.4 is 5.32 Å². The highest BCUT2D eigenvalue weighted by atomic mass is 19.1. The second-order valence-corrected chi connectivity index (χ2v) is 7.12. The number of halogens is 1. The lowest BCUT2D eigenvalue weighted by atomic mass is 10.1. The molecule has 0 bridgehead atoms. The number of amides is 2. The number of carbonyl (C=O) groups excluding carboxylic acids is 1. The van der Waals surface area contributed by atoms with E-state index in [-0.39, 0.29) is 17.9 Å². The van der Waals surface area contributed by atoms with Gasteiger partial charge in [-0.2, -0.15) is 0 Å². The van der Waals surface area contributed by atoms with Crippen molar-refractivity contribution in [1.29, 1.82) is 0 Å². The molecule has 1 aliphatic heterocycles. The van der Waals surface area contributed by atoms with Crippen molar-refractivity contribution in [2.45, 2.75) is 26.1 Å². The number of carbonyl (C=O) groups is 1. The molecule has 1 heterocycles. The number of hydrogen-bond donors (Lipinski definition) is 1. The summed E-state index contributed by atoms with van der Waals surface area (Å²) in [6.45, 7) is 6.47. The van der Waals surface area contributed by atoms with Gasteiger partial charge >= 0.3 is 6.03 Å². The molecule has 1 aliphatic rings. The Morgan fingerprint density at radius 2 is 1.79 bits per heavy atom. The predicted octanol–water partition coefficient (Wildman–Crippen LogP) is 3.56. The van der Waals surface area contributed by atoms with Gasteiger partial charge in [-0.15, -0.1) is 0 Å². The minimum Gasteiger partial charge on any atom is -0.379 e. The summed E-state index contributed by atoms with van der Waals surface area (Å²) in [5.74, 6) is -0.300. The molecular weight excluding hydrogens is 357 g/mol. The van der Waals surface area contributed by atoms with E-state index in [2.05, 4.69) is 16.3 Å². The van der Waals surface area contributed by atoms with Crippen molar-refractivity contribution in [2.75, 3.05) is 33.4 Å². The molecule has 6 heteroatoms. The van der Waals surface area contributed by atoms with E-state index in [1.807, 2.05) is 25.1 Å². The van der Waals surface area contributed by atoms with E-state index in [1.54, 1.807) is 25.2 Å². The second-order valence-electron chi connectivity index (χ2n) is 7.12. The molecule has 0 aromatic heterocycles. The molecule has 1 N–H and O–H groups in total. The van der Waals surface area contributed by atoms with Gasteiger partial charge in [-0.1, -0.05) is 42.5 Å². The average Bonchev–Trinajstić information content (AvgIpc) is 2.73. The first kappa shape index (κ1) is 20.3. The Hall–Kier alpha value is -2.44. The van der Waals surface area contributed by atoms with Crippen molar-refractivity contribution in [1.82, 2.24) is 15.1 Å². The van der Waals surface area contributed by atoms with Crippen LogP contribution in [0.1, 0.15) is 29.7 Å². The minimum atomic E-state index is -0.357. The van der Waals surface area contributed by atoms with Crippen LogP contribution in [0.5, 0.6) is 0 Å². The van der Waals surface area contributed by atoms with Crippen molar-refractivity contribution in [3.05, 3.63) is 71.0 Å². The van der Waals surface area contributed by atoms with Crippen LogP contribution in [0.3, 0.4) is 0 Å². The number of rotatable bonds is 6. The van der Waals surface area contributed by atoms with Crippen LogP contribution in [0.25, 0.3) is 0 Å². The standard InChI is InChI=1S/C22H28FN3O2/c1-17(20-9-5-6-10-21(20)23)25(2)22(27)24-15-18-7-3-4-8-19(18)16-26-11-13-28-14-12-26/h3-10,17H,11-16H2,1-2H3,(H,24,27). The number of nitrogens with one attached hydrogen (secondary N) is 1. The van der Waals surface area contributed by atoms with Gasteiger partial charge in [0.05, 0.1) is 19.3 Å². The summed E-state index contributed by atoms with van der Waals surface area (Å²) in [4.78, 5) is 16.5. The summed E-state index contributed by atoms with van der Waals surface area (Å²) in [6.07, 6.45) is 0. The Morgan fingerprint density at radius 1 is 1.14 bits per heavy atom. The van der Waals surface area contributed by atoms with E-state index >= 15 is 0 Å². The maximum atomic E-state index is 14.0. The van der Waals surface area contributed by atoms with Crippen LogP contribution in [-0.2, 0) is 17.8 Å². The molecular formula is C22H28FN3O2. The molecule has 3 rings (SSSR count). The SMILES string of the molecule is CC(c1ccccc1F)N(C)C(=O)NCc1ccccc1CN1CCOCC1. The van der Waals surface area contributed by atoms with Gasteiger partial charge in [0.1, 0.15) is 5.82 Å². The molecule has 0 aliphatic carbocycles. The van der Waals surface area contributed by atoms with Gasteiger partial charge in [-0.05, 0) is 24.1 Å². The van der Waals surface area contributed by atoms with Gasteiger partial charge in [-0.3, -0.25) is 4.90 Å². The first-order chi connectivity index (χ1) is 13.6. The zero-order valence-corrected chi connectivity index (χ0v) is 16.5. The average molecular weight is 385 g/mol. The van der Waals surface area contributed by atoms with E-state index in [1.165, 1.54) is 16.5 Å². The highest BCUT2D eigenvalue weighted by Gasteiger charge is 2.20. The Bertz CT molecular complexity index is 793. The van der Waals surface area contributed by atoms with Crippen molar-refractivity contribution in [3.63, 3.8) is 0 Å². The first-order valence-electron chi connectivity index (χ1n) is 9.68. The quantitative estimate of drug-likeness (QED) is 0.827. The lowest BCUT2D eigenvalue weighted by Gasteiger charge is -2.28. The Balaban J connectivity index is 1.60. The molecule has 5 nitrogen and oxygen atoms in total. The second kappa shape index (κ2) is 9.66. The maximum absolute atomic E-state index is 14.0. The predicted molar refractivity (Wildman–Crippen MR) is 107 cm³/mol. The molecule has 0 radical (unpaired) electrons. The van der Waals surface area contributed by atoms with Crippen molar-refractivity contribution in [2.24, 2.45) is 0 Å². The smallest absolute Gasteiger partial charge is 0.317 e. The van der Waals surface area contributed by atoms with Crippen LogP contribution in [0.2, 0.25) is 0 Å². The summed E-state index contributed by atoms with van der Waals surface area (Å²) in [6, 6.07) is 14.1. The Labute approximate surface area is 166 Å². The van der Waals surface area contributed by atoms with Crippen LogP contribution >= 0.6 is 0 Å². The van der Waals surface area contributed by atoms with Gasteiger partial charge < -0.3 is 15.0 Å². The van der Waals surface area contributed by atoms with Crippen LogP contribution in [-0.4, -0.2) is 49.2 Å². The number of hydrogen-bond acceptors (Lipinski definition) is 3. The van der Waals surface area contributed by atoms with E-state index in [9.17, 15) is 9.18 Å². The molecule has 150 valence electrons.